The van der Waals surface area contributed by atoms with Crippen molar-refractivity contribution in [1.82, 2.24) is 5.32 Å². The summed E-state index contributed by atoms with van der Waals surface area (Å²) < 4.78 is 0. The Morgan fingerprint density at radius 2 is 1.76 bits per heavy atom. The fourth-order valence-corrected chi connectivity index (χ4v) is 4.20. The van der Waals surface area contributed by atoms with Crippen molar-refractivity contribution in [3.05, 3.63) is 35.9 Å². The second-order valence-corrected chi connectivity index (χ2v) is 6.33. The number of nitrogens with one attached hydrogen (secondary N) is 1. The Kier molecular flexibility index (Phi) is 2.29. The van der Waals surface area contributed by atoms with E-state index in [9.17, 15) is 0 Å². The van der Waals surface area contributed by atoms with Gasteiger partial charge in [0.2, 0.25) is 0 Å². The zero-order chi connectivity index (χ0) is 11.2. The van der Waals surface area contributed by atoms with Crippen LogP contribution in [-0.2, 0) is 0 Å². The molecule has 1 aromatic rings. The van der Waals surface area contributed by atoms with Gasteiger partial charge in [-0.2, -0.15) is 0 Å². The fraction of sp³-hybridized carbons (Fsp3) is 0.625. The van der Waals surface area contributed by atoms with Crippen LogP contribution in [0.3, 0.4) is 0 Å². The molecule has 1 saturated heterocycles. The first-order valence-corrected chi connectivity index (χ1v) is 7.17. The average molecular weight is 227 g/mol. The maximum Gasteiger partial charge on any atom is -0.00175 e. The number of hydrogen-bond acceptors (Lipinski definition) is 1. The van der Waals surface area contributed by atoms with E-state index < -0.39 is 0 Å². The van der Waals surface area contributed by atoms with Gasteiger partial charge in [-0.25, -0.2) is 0 Å². The van der Waals surface area contributed by atoms with Gasteiger partial charge in [-0.3, -0.25) is 0 Å². The van der Waals surface area contributed by atoms with Crippen molar-refractivity contribution in [1.29, 1.82) is 0 Å². The third-order valence-corrected chi connectivity index (χ3v) is 5.35. The lowest BCUT2D eigenvalue weighted by molar-refractivity contribution is 0.0207. The van der Waals surface area contributed by atoms with Crippen molar-refractivity contribution < 1.29 is 0 Å². The molecule has 1 unspecified atom stereocenters. The molecule has 1 nitrogen and oxygen atoms in total. The molecular formula is C16H21N. The first-order valence-electron chi connectivity index (χ1n) is 7.17. The maximum atomic E-state index is 3.55. The minimum Gasteiger partial charge on any atom is -0.316 e. The summed E-state index contributed by atoms with van der Waals surface area (Å²) in [7, 11) is 0. The molecule has 2 saturated carbocycles. The lowest BCUT2D eigenvalue weighted by Gasteiger charge is -2.50. The molecule has 1 heterocycles. The molecule has 0 aromatic heterocycles. The highest BCUT2D eigenvalue weighted by molar-refractivity contribution is 5.25. The van der Waals surface area contributed by atoms with E-state index in [0.29, 0.717) is 0 Å². The van der Waals surface area contributed by atoms with Crippen LogP contribution in [0.5, 0.6) is 0 Å². The van der Waals surface area contributed by atoms with Gasteiger partial charge in [-0.15, -0.1) is 0 Å². The predicted molar refractivity (Wildman–Crippen MR) is 69.9 cm³/mol. The Hall–Kier alpha value is -0.820. The average Bonchev–Trinajstić information content (AvgIpc) is 3.17. The molecule has 0 radical (unpaired) electrons. The number of piperidine rings is 2. The number of hydrogen-bond donors (Lipinski definition) is 1. The first kappa shape index (κ1) is 10.1. The monoisotopic (exact) mass is 227 g/mol. The third-order valence-electron chi connectivity index (χ3n) is 5.35. The molecule has 1 aliphatic heterocycles. The minimum absolute atomic E-state index is 0.894. The highest BCUT2D eigenvalue weighted by Gasteiger charge is 2.48. The summed E-state index contributed by atoms with van der Waals surface area (Å²) in [6.45, 7) is 2.59. The van der Waals surface area contributed by atoms with Crippen molar-refractivity contribution in [2.45, 2.75) is 25.2 Å². The van der Waals surface area contributed by atoms with E-state index in [4.69, 9.17) is 0 Å². The topological polar surface area (TPSA) is 12.0 Å². The summed E-state index contributed by atoms with van der Waals surface area (Å²) >= 11 is 0. The molecule has 5 atom stereocenters. The molecular weight excluding hydrogens is 206 g/mol. The molecule has 1 heteroatoms. The van der Waals surface area contributed by atoms with Gasteiger partial charge in [0.25, 0.3) is 0 Å². The van der Waals surface area contributed by atoms with E-state index in [-0.39, 0.29) is 0 Å². The molecule has 0 spiro atoms. The van der Waals surface area contributed by atoms with Crippen LogP contribution in [0.2, 0.25) is 0 Å². The standard InChI is InChI=1S/C16H21N/c1-2-4-11(5-3-1)15-7-12(15)8-16-13-6-14(16)10-17-9-13/h1-5,12-17H,6-10H2/t12-,13-,14+,15-,16?/m0/s1. The van der Waals surface area contributed by atoms with Crippen LogP contribution in [-0.4, -0.2) is 13.1 Å². The Morgan fingerprint density at radius 1 is 1.00 bits per heavy atom. The fourth-order valence-electron chi connectivity index (χ4n) is 4.20. The number of benzene rings is 1. The van der Waals surface area contributed by atoms with E-state index in [1.807, 2.05) is 0 Å². The first-order chi connectivity index (χ1) is 8.42. The van der Waals surface area contributed by atoms with E-state index in [1.54, 1.807) is 5.56 Å². The van der Waals surface area contributed by atoms with Crippen LogP contribution in [0, 0.1) is 23.7 Å². The highest BCUT2D eigenvalue weighted by Crippen LogP contribution is 2.56. The van der Waals surface area contributed by atoms with E-state index in [0.717, 1.165) is 29.6 Å². The Labute approximate surface area is 104 Å². The van der Waals surface area contributed by atoms with Gasteiger partial charge in [0.05, 0.1) is 0 Å². The lowest BCUT2D eigenvalue weighted by atomic mass is 9.60. The predicted octanol–water partition coefficient (Wildman–Crippen LogP) is 3.04. The molecule has 2 aliphatic carbocycles. The molecule has 3 fully saturated rings. The van der Waals surface area contributed by atoms with Crippen molar-refractivity contribution in [3.8, 4) is 0 Å². The van der Waals surface area contributed by atoms with Gasteiger partial charge in [0, 0.05) is 0 Å². The number of fused-ring (bicyclic) bond motifs is 2. The van der Waals surface area contributed by atoms with Gasteiger partial charge in [0.1, 0.15) is 0 Å². The van der Waals surface area contributed by atoms with Gasteiger partial charge in [0.15, 0.2) is 0 Å². The van der Waals surface area contributed by atoms with Crippen molar-refractivity contribution in [3.63, 3.8) is 0 Å². The smallest absolute Gasteiger partial charge is 0.00175 e. The van der Waals surface area contributed by atoms with Crippen molar-refractivity contribution >= 4 is 0 Å². The highest BCUT2D eigenvalue weighted by atomic mass is 14.9. The molecule has 17 heavy (non-hydrogen) atoms. The third kappa shape index (κ3) is 1.72. The van der Waals surface area contributed by atoms with Crippen LogP contribution < -0.4 is 5.32 Å². The van der Waals surface area contributed by atoms with Gasteiger partial charge in [-0.05, 0) is 67.5 Å². The van der Waals surface area contributed by atoms with Gasteiger partial charge in [-0.1, -0.05) is 30.3 Å². The largest absolute Gasteiger partial charge is 0.316 e. The molecule has 2 bridgehead atoms. The molecule has 1 aromatic carbocycles. The summed E-state index contributed by atoms with van der Waals surface area (Å²) in [6, 6.07) is 11.1. The second kappa shape index (κ2) is 3.84. The molecule has 1 N–H and O–H groups in total. The van der Waals surface area contributed by atoms with E-state index in [1.165, 1.54) is 32.4 Å². The van der Waals surface area contributed by atoms with Crippen molar-refractivity contribution in [2.24, 2.45) is 23.7 Å². The Balaban J connectivity index is 1.37. The minimum atomic E-state index is 0.894. The summed E-state index contributed by atoms with van der Waals surface area (Å²) in [5.74, 6) is 5.00. The van der Waals surface area contributed by atoms with E-state index >= 15 is 0 Å². The molecule has 4 rings (SSSR count). The van der Waals surface area contributed by atoms with Crippen LogP contribution in [0.15, 0.2) is 30.3 Å². The van der Waals surface area contributed by atoms with Gasteiger partial charge >= 0.3 is 0 Å². The SMILES string of the molecule is c1ccc([C@@H]2C[C@H]2CC2[C@@H]3CNC[C@H]2C3)cc1. The Morgan fingerprint density at radius 3 is 2.47 bits per heavy atom. The molecule has 3 aliphatic rings. The summed E-state index contributed by atoms with van der Waals surface area (Å²) in [5, 5.41) is 3.55. The zero-order valence-corrected chi connectivity index (χ0v) is 10.3. The van der Waals surface area contributed by atoms with Crippen LogP contribution in [0.1, 0.15) is 30.7 Å². The van der Waals surface area contributed by atoms with Gasteiger partial charge < -0.3 is 5.32 Å². The van der Waals surface area contributed by atoms with Crippen LogP contribution >= 0.6 is 0 Å². The zero-order valence-electron chi connectivity index (χ0n) is 10.3. The van der Waals surface area contributed by atoms with Crippen molar-refractivity contribution in [2.75, 3.05) is 13.1 Å². The second-order valence-electron chi connectivity index (χ2n) is 6.33. The molecule has 0 amide bonds. The summed E-state index contributed by atoms with van der Waals surface area (Å²) in [6.07, 6.45) is 4.48. The summed E-state index contributed by atoms with van der Waals surface area (Å²) in [4.78, 5) is 0. The lowest BCUT2D eigenvalue weighted by Crippen LogP contribution is -2.53. The quantitative estimate of drug-likeness (QED) is 0.837. The Bertz CT molecular complexity index is 385. The normalized spacial score (nSPS) is 42.9. The summed E-state index contributed by atoms with van der Waals surface area (Å²) in [5.41, 5.74) is 1.58. The van der Waals surface area contributed by atoms with Crippen LogP contribution in [0.4, 0.5) is 0 Å². The van der Waals surface area contributed by atoms with E-state index in [2.05, 4.69) is 35.6 Å². The van der Waals surface area contributed by atoms with Crippen LogP contribution in [0.25, 0.3) is 0 Å². The maximum absolute atomic E-state index is 3.55. The molecule has 90 valence electrons. The number of rotatable bonds is 3.